The van der Waals surface area contributed by atoms with Crippen molar-refractivity contribution < 1.29 is 60.2 Å². The molecule has 0 aliphatic carbocycles. The molecule has 1 unspecified atom stereocenters. The van der Waals surface area contributed by atoms with Gasteiger partial charge in [-0.2, -0.15) is 0 Å². The monoisotopic (exact) mass is 480 g/mol. The van der Waals surface area contributed by atoms with Gasteiger partial charge < -0.3 is 60.2 Å². The van der Waals surface area contributed by atoms with Crippen molar-refractivity contribution in [2.45, 2.75) is 30.5 Å². The molecule has 0 radical (unpaired) electrons. The van der Waals surface area contributed by atoms with E-state index in [4.69, 9.17) is 9.15 Å². The number of aliphatic hydroxyl groups excluding tert-OH is 4. The highest BCUT2D eigenvalue weighted by Crippen LogP contribution is 2.49. The van der Waals surface area contributed by atoms with Crippen molar-refractivity contribution in [3.05, 3.63) is 34.2 Å². The maximum Gasteiger partial charge on any atom is 0.204 e. The fourth-order valence-corrected chi connectivity index (χ4v) is 3.92. The minimum Gasteiger partial charge on any atom is -0.507 e. The molecule has 5 atom stereocenters. The number of fused-ring (bicyclic) bond motifs is 1. The molecule has 13 heteroatoms. The summed E-state index contributed by atoms with van der Waals surface area (Å²) in [5, 5.41) is 99.7. The first-order chi connectivity index (χ1) is 16.0. The smallest absolute Gasteiger partial charge is 0.204 e. The molecule has 1 aromatic heterocycles. The fraction of sp³-hybridized carbons (Fsp3) is 0.286. The number of hydrogen-bond donors (Lipinski definition) is 10. The van der Waals surface area contributed by atoms with Crippen LogP contribution in [0.4, 0.5) is 0 Å². The molecular weight excluding hydrogens is 460 g/mol. The van der Waals surface area contributed by atoms with Gasteiger partial charge in [0.1, 0.15) is 47.9 Å². The lowest BCUT2D eigenvalue weighted by Crippen LogP contribution is -2.55. The highest BCUT2D eigenvalue weighted by atomic mass is 16.5. The van der Waals surface area contributed by atoms with Crippen LogP contribution in [0.1, 0.15) is 11.7 Å². The van der Waals surface area contributed by atoms with Crippen molar-refractivity contribution in [2.75, 3.05) is 6.61 Å². The van der Waals surface area contributed by atoms with E-state index >= 15 is 0 Å². The number of phenolic OH excluding ortho intramolecular Hbond substituents is 6. The van der Waals surface area contributed by atoms with Gasteiger partial charge in [-0.25, -0.2) is 0 Å². The molecule has 1 fully saturated rings. The highest BCUT2D eigenvalue weighted by Gasteiger charge is 2.46. The van der Waals surface area contributed by atoms with E-state index < -0.39 is 99.1 Å². The van der Waals surface area contributed by atoms with Gasteiger partial charge in [0.2, 0.25) is 11.2 Å². The third-order valence-corrected chi connectivity index (χ3v) is 5.74. The van der Waals surface area contributed by atoms with Gasteiger partial charge in [-0.3, -0.25) is 4.79 Å². The summed E-state index contributed by atoms with van der Waals surface area (Å²) in [6.45, 7) is -0.804. The number of phenols is 6. The topological polar surface area (TPSA) is 242 Å². The third kappa shape index (κ3) is 3.34. The lowest BCUT2D eigenvalue weighted by atomic mass is 9.89. The number of rotatable bonds is 3. The number of aromatic hydroxyl groups is 6. The summed E-state index contributed by atoms with van der Waals surface area (Å²) in [4.78, 5) is 13.2. The van der Waals surface area contributed by atoms with Crippen LogP contribution in [-0.2, 0) is 4.74 Å². The van der Waals surface area contributed by atoms with E-state index in [1.807, 2.05) is 0 Å². The van der Waals surface area contributed by atoms with Gasteiger partial charge in [-0.15, -0.1) is 0 Å². The molecular formula is C21H20O13. The first-order valence-electron chi connectivity index (χ1n) is 9.77. The van der Waals surface area contributed by atoms with Crippen LogP contribution in [0.15, 0.2) is 27.6 Å². The average Bonchev–Trinajstić information content (AvgIpc) is 2.80. The van der Waals surface area contributed by atoms with Crippen molar-refractivity contribution in [3.63, 3.8) is 0 Å². The second kappa shape index (κ2) is 8.23. The summed E-state index contributed by atoms with van der Waals surface area (Å²) in [7, 11) is 0. The average molecular weight is 480 g/mol. The van der Waals surface area contributed by atoms with Crippen LogP contribution in [0.25, 0.3) is 22.1 Å². The summed E-state index contributed by atoms with van der Waals surface area (Å²) >= 11 is 0. The maximum absolute atomic E-state index is 13.2. The number of aliphatic hydroxyl groups is 4. The zero-order chi connectivity index (χ0) is 25.1. The van der Waals surface area contributed by atoms with Crippen molar-refractivity contribution in [1.82, 2.24) is 0 Å². The molecule has 1 aliphatic heterocycles. The molecule has 2 heterocycles. The minimum absolute atomic E-state index is 0.313. The van der Waals surface area contributed by atoms with Gasteiger partial charge in [-0.1, -0.05) is 0 Å². The van der Waals surface area contributed by atoms with E-state index in [0.29, 0.717) is 0 Å². The summed E-state index contributed by atoms with van der Waals surface area (Å²) < 4.78 is 10.8. The Morgan fingerprint density at radius 1 is 0.765 bits per heavy atom. The van der Waals surface area contributed by atoms with Crippen LogP contribution in [0.3, 0.4) is 0 Å². The quantitative estimate of drug-likeness (QED) is 0.163. The Morgan fingerprint density at radius 3 is 2.06 bits per heavy atom. The standard InChI is InChI=1S/C21H20O13/c22-3-10-14(27)17(30)19(32)21(34-10)12-16(29)18(31)15(28)11-13(26)6(4-33-20(11)12)5-1-8(24)9(25)2-7(5)23/h1-2,4,10,14,17,19,21-25,27-32H,3H2/t10-,14-,17+,19-,21?/m1/s1. The molecule has 34 heavy (non-hydrogen) atoms. The molecule has 1 saturated heterocycles. The second-order valence-corrected chi connectivity index (χ2v) is 7.75. The Balaban J connectivity index is 2.00. The first kappa shape index (κ1) is 23.4. The zero-order valence-corrected chi connectivity index (χ0v) is 17.0. The zero-order valence-electron chi connectivity index (χ0n) is 17.0. The normalized spacial score (nSPS) is 25.0. The minimum atomic E-state index is -1.93. The summed E-state index contributed by atoms with van der Waals surface area (Å²) in [5.41, 5.74) is -2.98. The molecule has 182 valence electrons. The van der Waals surface area contributed by atoms with Gasteiger partial charge in [0.25, 0.3) is 0 Å². The number of benzene rings is 2. The third-order valence-electron chi connectivity index (χ3n) is 5.74. The molecule has 13 nitrogen and oxygen atoms in total. The molecule has 0 amide bonds. The lowest BCUT2D eigenvalue weighted by molar-refractivity contribution is -0.231. The molecule has 3 aromatic rings. The van der Waals surface area contributed by atoms with Crippen LogP contribution in [-0.4, -0.2) is 82.1 Å². The maximum atomic E-state index is 13.2. The predicted octanol–water partition coefficient (Wildman–Crippen LogP) is -0.792. The van der Waals surface area contributed by atoms with Crippen LogP contribution < -0.4 is 5.43 Å². The predicted molar refractivity (Wildman–Crippen MR) is 111 cm³/mol. The second-order valence-electron chi connectivity index (χ2n) is 7.75. The molecule has 4 rings (SSSR count). The van der Waals surface area contributed by atoms with E-state index in [0.717, 1.165) is 18.4 Å². The van der Waals surface area contributed by atoms with Gasteiger partial charge in [-0.05, 0) is 6.07 Å². The van der Waals surface area contributed by atoms with E-state index in [-0.39, 0.29) is 5.56 Å². The lowest BCUT2D eigenvalue weighted by Gasteiger charge is -2.40. The van der Waals surface area contributed by atoms with E-state index in [9.17, 15) is 55.9 Å². The molecule has 0 spiro atoms. The van der Waals surface area contributed by atoms with Crippen molar-refractivity contribution in [3.8, 4) is 45.6 Å². The summed E-state index contributed by atoms with van der Waals surface area (Å²) in [5.74, 6) is -5.41. The van der Waals surface area contributed by atoms with Gasteiger partial charge >= 0.3 is 0 Å². The van der Waals surface area contributed by atoms with Crippen molar-refractivity contribution in [1.29, 1.82) is 0 Å². The van der Waals surface area contributed by atoms with Crippen LogP contribution in [0.5, 0.6) is 34.5 Å². The Hall–Kier alpha value is -3.75. The molecule has 0 bridgehead atoms. The Labute approximate surface area is 188 Å². The van der Waals surface area contributed by atoms with E-state index in [2.05, 4.69) is 0 Å². The Bertz CT molecular complexity index is 1330. The van der Waals surface area contributed by atoms with Crippen molar-refractivity contribution >= 4 is 11.0 Å². The molecule has 1 aliphatic rings. The van der Waals surface area contributed by atoms with Gasteiger partial charge in [0.15, 0.2) is 28.6 Å². The molecule has 10 N–H and O–H groups in total. The van der Waals surface area contributed by atoms with Crippen LogP contribution in [0.2, 0.25) is 0 Å². The molecule has 2 aromatic carbocycles. The number of hydrogen-bond acceptors (Lipinski definition) is 13. The Morgan fingerprint density at radius 2 is 1.41 bits per heavy atom. The summed E-state index contributed by atoms with van der Waals surface area (Å²) in [6, 6.07) is 1.60. The van der Waals surface area contributed by atoms with E-state index in [1.54, 1.807) is 0 Å². The van der Waals surface area contributed by atoms with Gasteiger partial charge in [0.05, 0.1) is 17.7 Å². The first-order valence-corrected chi connectivity index (χ1v) is 9.77. The Kier molecular flexibility index (Phi) is 5.67. The summed E-state index contributed by atoms with van der Waals surface area (Å²) in [6.07, 6.45) is -7.91. The van der Waals surface area contributed by atoms with Crippen LogP contribution in [0, 0.1) is 0 Å². The SMILES string of the molecule is O=c1c(-c2cc(O)c(O)cc2O)coc2c(C3O[C@H](CO)[C@@H](O)[C@H](O)[C@H]3O)c(O)c(O)c(O)c12. The molecule has 0 saturated carbocycles. The highest BCUT2D eigenvalue weighted by molar-refractivity contribution is 5.94. The van der Waals surface area contributed by atoms with Crippen molar-refractivity contribution in [2.24, 2.45) is 0 Å². The van der Waals surface area contributed by atoms with Crippen LogP contribution >= 0.6 is 0 Å². The van der Waals surface area contributed by atoms with Gasteiger partial charge in [0, 0.05) is 11.6 Å². The largest absolute Gasteiger partial charge is 0.507 e. The van der Waals surface area contributed by atoms with E-state index in [1.165, 1.54) is 0 Å². The number of ether oxygens (including phenoxy) is 1. The fourth-order valence-electron chi connectivity index (χ4n) is 3.92.